The van der Waals surface area contributed by atoms with E-state index in [1.165, 1.54) is 21.9 Å². The van der Waals surface area contributed by atoms with E-state index in [-0.39, 0.29) is 12.0 Å². The molecule has 0 aromatic heterocycles. The molecule has 1 saturated heterocycles. The predicted octanol–water partition coefficient (Wildman–Crippen LogP) is 2.88. The lowest BCUT2D eigenvalue weighted by Gasteiger charge is -2.33. The van der Waals surface area contributed by atoms with Crippen LogP contribution >= 0.6 is 0 Å². The molecule has 128 valence electrons. The quantitative estimate of drug-likeness (QED) is 0.918. The number of aryl methyl sites for hydroxylation is 1. The smallest absolute Gasteiger partial charge is 0.216 e. The van der Waals surface area contributed by atoms with Crippen molar-refractivity contribution >= 4 is 16.7 Å². The van der Waals surface area contributed by atoms with E-state index in [2.05, 4.69) is 53.5 Å². The SMILES string of the molecule is CC(=O)NCC[C@@H]1CN(Cc2cccc3c(C)cccc23)CCO1. The van der Waals surface area contributed by atoms with Crippen LogP contribution in [0.2, 0.25) is 0 Å². The molecule has 1 fully saturated rings. The van der Waals surface area contributed by atoms with Crippen LogP contribution in [-0.4, -0.2) is 43.2 Å². The second-order valence-electron chi connectivity index (χ2n) is 6.59. The van der Waals surface area contributed by atoms with Gasteiger partial charge in [0.05, 0.1) is 12.7 Å². The summed E-state index contributed by atoms with van der Waals surface area (Å²) in [5.41, 5.74) is 2.70. The molecule has 1 heterocycles. The molecule has 24 heavy (non-hydrogen) atoms. The lowest BCUT2D eigenvalue weighted by atomic mass is 10.0. The Labute approximate surface area is 143 Å². The van der Waals surface area contributed by atoms with Crippen molar-refractivity contribution in [2.24, 2.45) is 0 Å². The van der Waals surface area contributed by atoms with Gasteiger partial charge in [0.2, 0.25) is 5.91 Å². The highest BCUT2D eigenvalue weighted by Crippen LogP contribution is 2.24. The summed E-state index contributed by atoms with van der Waals surface area (Å²) in [7, 11) is 0. The number of nitrogens with zero attached hydrogens (tertiary/aromatic N) is 1. The second kappa shape index (κ2) is 7.77. The average molecular weight is 326 g/mol. The Bertz CT molecular complexity index is 714. The van der Waals surface area contributed by atoms with E-state index in [4.69, 9.17) is 4.74 Å². The first-order valence-electron chi connectivity index (χ1n) is 8.69. The maximum Gasteiger partial charge on any atom is 0.216 e. The monoisotopic (exact) mass is 326 g/mol. The third kappa shape index (κ3) is 4.13. The number of fused-ring (bicyclic) bond motifs is 1. The zero-order valence-electron chi connectivity index (χ0n) is 14.5. The summed E-state index contributed by atoms with van der Waals surface area (Å²) in [6.07, 6.45) is 1.06. The van der Waals surface area contributed by atoms with Crippen LogP contribution in [0, 0.1) is 6.92 Å². The van der Waals surface area contributed by atoms with Crippen LogP contribution in [0.1, 0.15) is 24.5 Å². The summed E-state index contributed by atoms with van der Waals surface area (Å²) < 4.78 is 5.84. The first-order valence-corrected chi connectivity index (χ1v) is 8.69. The number of morpholine rings is 1. The first-order chi connectivity index (χ1) is 11.6. The number of carbonyl (C=O) groups excluding carboxylic acids is 1. The molecule has 0 aliphatic carbocycles. The van der Waals surface area contributed by atoms with Crippen molar-refractivity contribution in [3.05, 3.63) is 47.5 Å². The van der Waals surface area contributed by atoms with Gasteiger partial charge in [-0.15, -0.1) is 0 Å². The minimum absolute atomic E-state index is 0.0220. The van der Waals surface area contributed by atoms with Gasteiger partial charge in [-0.3, -0.25) is 9.69 Å². The van der Waals surface area contributed by atoms with Crippen LogP contribution < -0.4 is 5.32 Å². The lowest BCUT2D eigenvalue weighted by molar-refractivity contribution is -0.119. The van der Waals surface area contributed by atoms with Crippen molar-refractivity contribution in [1.29, 1.82) is 0 Å². The minimum Gasteiger partial charge on any atom is -0.375 e. The molecule has 2 aromatic carbocycles. The van der Waals surface area contributed by atoms with Crippen LogP contribution in [0.3, 0.4) is 0 Å². The molecular formula is C20H26N2O2. The predicted molar refractivity (Wildman–Crippen MR) is 97.0 cm³/mol. The third-order valence-electron chi connectivity index (χ3n) is 4.69. The average Bonchev–Trinajstić information content (AvgIpc) is 2.56. The Morgan fingerprint density at radius 3 is 2.88 bits per heavy atom. The van der Waals surface area contributed by atoms with Crippen LogP contribution in [0.25, 0.3) is 10.8 Å². The molecule has 1 aliphatic rings. The van der Waals surface area contributed by atoms with Gasteiger partial charge < -0.3 is 10.1 Å². The summed E-state index contributed by atoms with van der Waals surface area (Å²) in [6, 6.07) is 13.1. The van der Waals surface area contributed by atoms with E-state index in [9.17, 15) is 4.79 Å². The van der Waals surface area contributed by atoms with Gasteiger partial charge in [-0.1, -0.05) is 36.4 Å². The highest BCUT2D eigenvalue weighted by molar-refractivity contribution is 5.88. The molecular weight excluding hydrogens is 300 g/mol. The Hall–Kier alpha value is -1.91. The lowest BCUT2D eigenvalue weighted by Crippen LogP contribution is -2.43. The standard InChI is InChI=1S/C20H26N2O2/c1-15-5-3-8-20-17(6-4-7-19(15)20)13-22-11-12-24-18(14-22)9-10-21-16(2)23/h3-8,18H,9-14H2,1-2H3,(H,21,23)/t18-/m1/s1. The van der Waals surface area contributed by atoms with Crippen molar-refractivity contribution in [2.45, 2.75) is 32.9 Å². The van der Waals surface area contributed by atoms with Gasteiger partial charge in [0, 0.05) is 33.1 Å². The highest BCUT2D eigenvalue weighted by Gasteiger charge is 2.20. The fourth-order valence-electron chi connectivity index (χ4n) is 3.42. The molecule has 0 radical (unpaired) electrons. The van der Waals surface area contributed by atoms with Gasteiger partial charge in [0.15, 0.2) is 0 Å². The number of benzene rings is 2. The van der Waals surface area contributed by atoms with Gasteiger partial charge >= 0.3 is 0 Å². The fourth-order valence-corrected chi connectivity index (χ4v) is 3.42. The molecule has 3 rings (SSSR count). The van der Waals surface area contributed by atoms with Crippen molar-refractivity contribution < 1.29 is 9.53 Å². The molecule has 0 saturated carbocycles. The molecule has 4 nitrogen and oxygen atoms in total. The van der Waals surface area contributed by atoms with E-state index < -0.39 is 0 Å². The third-order valence-corrected chi connectivity index (χ3v) is 4.69. The molecule has 4 heteroatoms. The highest BCUT2D eigenvalue weighted by atomic mass is 16.5. The fraction of sp³-hybridized carbons (Fsp3) is 0.450. The molecule has 1 atom stereocenters. The Morgan fingerprint density at radius 1 is 1.25 bits per heavy atom. The Kier molecular flexibility index (Phi) is 5.48. The number of ether oxygens (including phenoxy) is 1. The maximum absolute atomic E-state index is 11.0. The van der Waals surface area contributed by atoms with Crippen molar-refractivity contribution in [2.75, 3.05) is 26.2 Å². The molecule has 1 N–H and O–H groups in total. The Morgan fingerprint density at radius 2 is 2.04 bits per heavy atom. The van der Waals surface area contributed by atoms with Crippen LogP contribution in [0.4, 0.5) is 0 Å². The van der Waals surface area contributed by atoms with E-state index >= 15 is 0 Å². The van der Waals surface area contributed by atoms with Crippen LogP contribution in [0.15, 0.2) is 36.4 Å². The maximum atomic E-state index is 11.0. The topological polar surface area (TPSA) is 41.6 Å². The number of hydrogen-bond acceptors (Lipinski definition) is 3. The number of hydrogen-bond donors (Lipinski definition) is 1. The summed E-state index contributed by atoms with van der Waals surface area (Å²) in [6.45, 7) is 7.98. The van der Waals surface area contributed by atoms with Gasteiger partial charge in [0.25, 0.3) is 0 Å². The molecule has 2 aromatic rings. The second-order valence-corrected chi connectivity index (χ2v) is 6.59. The number of rotatable bonds is 5. The van der Waals surface area contributed by atoms with Crippen LogP contribution in [-0.2, 0) is 16.1 Å². The molecule has 0 unspecified atom stereocenters. The Balaban J connectivity index is 1.65. The van der Waals surface area contributed by atoms with Gasteiger partial charge in [-0.25, -0.2) is 0 Å². The number of carbonyl (C=O) groups is 1. The van der Waals surface area contributed by atoms with Gasteiger partial charge in [0.1, 0.15) is 0 Å². The normalized spacial score (nSPS) is 18.7. The van der Waals surface area contributed by atoms with E-state index in [1.807, 2.05) is 0 Å². The van der Waals surface area contributed by atoms with E-state index in [0.29, 0.717) is 6.54 Å². The van der Waals surface area contributed by atoms with E-state index in [1.54, 1.807) is 6.92 Å². The largest absolute Gasteiger partial charge is 0.375 e. The summed E-state index contributed by atoms with van der Waals surface area (Å²) in [5, 5.41) is 5.53. The summed E-state index contributed by atoms with van der Waals surface area (Å²) in [5.74, 6) is 0.0220. The number of amides is 1. The van der Waals surface area contributed by atoms with Gasteiger partial charge in [-0.2, -0.15) is 0 Å². The zero-order chi connectivity index (χ0) is 16.9. The van der Waals surface area contributed by atoms with Crippen molar-refractivity contribution in [3.8, 4) is 0 Å². The van der Waals surface area contributed by atoms with Crippen LogP contribution in [0.5, 0.6) is 0 Å². The van der Waals surface area contributed by atoms with E-state index in [0.717, 1.165) is 32.7 Å². The van der Waals surface area contributed by atoms with Crippen molar-refractivity contribution in [1.82, 2.24) is 10.2 Å². The first kappa shape index (κ1) is 16.9. The molecule has 1 amide bonds. The summed E-state index contributed by atoms with van der Waals surface area (Å²) in [4.78, 5) is 13.4. The summed E-state index contributed by atoms with van der Waals surface area (Å²) >= 11 is 0. The zero-order valence-corrected chi connectivity index (χ0v) is 14.5. The minimum atomic E-state index is 0.0220. The van der Waals surface area contributed by atoms with Gasteiger partial charge in [-0.05, 0) is 35.2 Å². The number of nitrogens with one attached hydrogen (secondary N) is 1. The molecule has 0 spiro atoms. The van der Waals surface area contributed by atoms with Crippen molar-refractivity contribution in [3.63, 3.8) is 0 Å². The molecule has 1 aliphatic heterocycles. The molecule has 0 bridgehead atoms.